The minimum absolute atomic E-state index is 0.448. The van der Waals surface area contributed by atoms with Crippen LogP contribution in [0.1, 0.15) is 51.6 Å². The number of amides is 1. The van der Waals surface area contributed by atoms with Gasteiger partial charge in [-0.1, -0.05) is 6.07 Å². The van der Waals surface area contributed by atoms with Crippen molar-refractivity contribution in [1.82, 2.24) is 30.7 Å². The molecule has 0 saturated carbocycles. The van der Waals surface area contributed by atoms with Gasteiger partial charge in [-0.25, -0.2) is 14.5 Å². The molecule has 3 N–H and O–H groups in total. The number of nitrogens with zero attached hydrogens (tertiary/aromatic N) is 4. The molecule has 0 saturated heterocycles. The Bertz CT molecular complexity index is 909. The smallest absolute Gasteiger partial charge is 0.408 e. The molecule has 0 aliphatic heterocycles. The Morgan fingerprint density at radius 1 is 1.16 bits per heavy atom. The van der Waals surface area contributed by atoms with E-state index in [1.165, 1.54) is 0 Å². The number of ether oxygens (including phenoxy) is 1. The van der Waals surface area contributed by atoms with Crippen molar-refractivity contribution in [3.8, 4) is 5.82 Å². The lowest BCUT2D eigenvalue weighted by Crippen LogP contribution is -2.54. The van der Waals surface area contributed by atoms with Crippen LogP contribution in [0.3, 0.4) is 0 Å². The number of nitrogens with one attached hydrogen (secondary N) is 3. The molecule has 31 heavy (non-hydrogen) atoms. The summed E-state index contributed by atoms with van der Waals surface area (Å²) in [6.45, 7) is 14.3. The molecule has 0 aromatic carbocycles. The molecule has 0 aliphatic carbocycles. The van der Waals surface area contributed by atoms with Crippen LogP contribution in [0, 0.1) is 13.8 Å². The number of alkyl carbamates (subject to hydrolysis) is 1. The van der Waals surface area contributed by atoms with Crippen molar-refractivity contribution in [2.24, 2.45) is 4.99 Å². The van der Waals surface area contributed by atoms with Gasteiger partial charge in [-0.2, -0.15) is 5.10 Å². The van der Waals surface area contributed by atoms with E-state index >= 15 is 0 Å². The Balaban J connectivity index is 1.86. The summed E-state index contributed by atoms with van der Waals surface area (Å²) in [4.78, 5) is 20.8. The van der Waals surface area contributed by atoms with Gasteiger partial charge >= 0.3 is 6.09 Å². The third-order valence-corrected chi connectivity index (χ3v) is 4.26. The number of carbonyl (C=O) groups is 1. The number of carbonyl (C=O) groups excluding carboxylic acids is 1. The molecular formula is C22H35N7O2. The van der Waals surface area contributed by atoms with Gasteiger partial charge < -0.3 is 20.7 Å². The van der Waals surface area contributed by atoms with Gasteiger partial charge in [0.1, 0.15) is 5.60 Å². The maximum atomic E-state index is 12.0. The van der Waals surface area contributed by atoms with E-state index in [0.29, 0.717) is 19.0 Å². The molecule has 9 nitrogen and oxygen atoms in total. The van der Waals surface area contributed by atoms with E-state index in [1.807, 2.05) is 77.5 Å². The van der Waals surface area contributed by atoms with Crippen molar-refractivity contribution < 1.29 is 9.53 Å². The van der Waals surface area contributed by atoms with E-state index in [1.54, 1.807) is 7.05 Å². The minimum Gasteiger partial charge on any atom is -0.444 e. The van der Waals surface area contributed by atoms with Gasteiger partial charge in [0, 0.05) is 32.0 Å². The lowest BCUT2D eigenvalue weighted by atomic mass is 10.1. The molecule has 9 heteroatoms. The van der Waals surface area contributed by atoms with E-state index in [0.717, 1.165) is 22.8 Å². The van der Waals surface area contributed by atoms with E-state index in [-0.39, 0.29) is 0 Å². The van der Waals surface area contributed by atoms with Gasteiger partial charge in [-0.05, 0) is 66.2 Å². The number of aliphatic imine (C=N–C) groups is 1. The molecule has 0 unspecified atom stereocenters. The van der Waals surface area contributed by atoms with Crippen molar-refractivity contribution >= 4 is 12.1 Å². The van der Waals surface area contributed by atoms with Crippen LogP contribution in [-0.4, -0.2) is 51.5 Å². The Kier molecular flexibility index (Phi) is 7.65. The first-order valence-corrected chi connectivity index (χ1v) is 10.3. The highest BCUT2D eigenvalue weighted by atomic mass is 16.6. The van der Waals surface area contributed by atoms with Gasteiger partial charge in [-0.15, -0.1) is 0 Å². The highest BCUT2D eigenvalue weighted by Crippen LogP contribution is 2.11. The number of pyridine rings is 1. The molecule has 0 atom stereocenters. The number of hydrogen-bond acceptors (Lipinski definition) is 5. The molecule has 2 heterocycles. The predicted octanol–water partition coefficient (Wildman–Crippen LogP) is 2.85. The lowest BCUT2D eigenvalue weighted by molar-refractivity contribution is 0.0474. The third kappa shape index (κ3) is 7.92. The van der Waals surface area contributed by atoms with Gasteiger partial charge in [0.05, 0.1) is 11.2 Å². The molecule has 0 fully saturated rings. The molecule has 0 bridgehead atoms. The largest absolute Gasteiger partial charge is 0.444 e. The second-order valence-corrected chi connectivity index (χ2v) is 9.15. The van der Waals surface area contributed by atoms with Crippen LogP contribution in [-0.2, 0) is 11.3 Å². The van der Waals surface area contributed by atoms with Crippen LogP contribution in [0.4, 0.5) is 4.79 Å². The normalized spacial score (nSPS) is 12.5. The van der Waals surface area contributed by atoms with E-state index < -0.39 is 17.2 Å². The summed E-state index contributed by atoms with van der Waals surface area (Å²) >= 11 is 0. The zero-order valence-corrected chi connectivity index (χ0v) is 19.8. The Morgan fingerprint density at radius 3 is 2.39 bits per heavy atom. The molecule has 2 aromatic rings. The Labute approximate surface area is 184 Å². The fourth-order valence-electron chi connectivity index (χ4n) is 2.84. The van der Waals surface area contributed by atoms with Crippen LogP contribution < -0.4 is 16.0 Å². The van der Waals surface area contributed by atoms with Crippen LogP contribution in [0.15, 0.2) is 29.4 Å². The Morgan fingerprint density at radius 2 is 1.87 bits per heavy atom. The summed E-state index contributed by atoms with van der Waals surface area (Å²) in [7, 11) is 1.70. The summed E-state index contributed by atoms with van der Waals surface area (Å²) in [6.07, 6.45) is 1.37. The fraction of sp³-hybridized carbons (Fsp3) is 0.545. The number of aromatic nitrogens is 3. The third-order valence-electron chi connectivity index (χ3n) is 4.26. The van der Waals surface area contributed by atoms with E-state index in [4.69, 9.17) is 4.74 Å². The molecular weight excluding hydrogens is 394 g/mol. The average Bonchev–Trinajstić information content (AvgIpc) is 2.98. The van der Waals surface area contributed by atoms with Crippen molar-refractivity contribution in [3.63, 3.8) is 0 Å². The van der Waals surface area contributed by atoms with Crippen molar-refractivity contribution in [2.75, 3.05) is 13.6 Å². The molecule has 0 aliphatic rings. The summed E-state index contributed by atoms with van der Waals surface area (Å²) in [5, 5.41) is 13.8. The van der Waals surface area contributed by atoms with Crippen LogP contribution in [0.2, 0.25) is 0 Å². The van der Waals surface area contributed by atoms with Crippen molar-refractivity contribution in [2.45, 2.75) is 66.2 Å². The summed E-state index contributed by atoms with van der Waals surface area (Å²) in [5.74, 6) is 1.41. The quantitative estimate of drug-likeness (QED) is 0.482. The first-order valence-electron chi connectivity index (χ1n) is 10.3. The topological polar surface area (TPSA) is 105 Å². The maximum absolute atomic E-state index is 12.0. The van der Waals surface area contributed by atoms with Gasteiger partial charge in [0.25, 0.3) is 0 Å². The molecule has 2 rings (SSSR count). The number of hydrogen-bond donors (Lipinski definition) is 3. The number of guanidine groups is 1. The molecule has 0 spiro atoms. The SMILES string of the molecule is CN=C(NCc1ccc(-n2nc(C)cc2C)nc1)NCC(C)(C)NC(=O)OC(C)(C)C. The van der Waals surface area contributed by atoms with Gasteiger partial charge in [0.2, 0.25) is 0 Å². The predicted molar refractivity (Wildman–Crippen MR) is 122 cm³/mol. The Hall–Kier alpha value is -3.10. The highest BCUT2D eigenvalue weighted by molar-refractivity contribution is 5.79. The highest BCUT2D eigenvalue weighted by Gasteiger charge is 2.24. The van der Waals surface area contributed by atoms with Crippen LogP contribution >= 0.6 is 0 Å². The van der Waals surface area contributed by atoms with Gasteiger partial charge in [-0.3, -0.25) is 4.99 Å². The first-order chi connectivity index (χ1) is 14.4. The van der Waals surface area contributed by atoms with Gasteiger partial charge in [0.15, 0.2) is 11.8 Å². The standard InChI is InChI=1S/C22H35N7O2/c1-15-11-16(2)29(28-15)18-10-9-17(12-24-18)13-25-19(23-8)26-14-22(6,7)27-20(30)31-21(3,4)5/h9-12H,13-14H2,1-8H3,(H,27,30)(H2,23,25,26). The second-order valence-electron chi connectivity index (χ2n) is 9.15. The van der Waals surface area contributed by atoms with Crippen molar-refractivity contribution in [1.29, 1.82) is 0 Å². The van der Waals surface area contributed by atoms with E-state index in [2.05, 4.69) is 31.0 Å². The fourth-order valence-corrected chi connectivity index (χ4v) is 2.84. The zero-order chi connectivity index (χ0) is 23.2. The maximum Gasteiger partial charge on any atom is 0.408 e. The minimum atomic E-state index is -0.538. The molecule has 1 amide bonds. The number of rotatable bonds is 6. The first kappa shape index (κ1) is 24.2. The average molecular weight is 430 g/mol. The molecule has 0 radical (unpaired) electrons. The molecule has 2 aromatic heterocycles. The summed E-state index contributed by atoms with van der Waals surface area (Å²) in [6, 6.07) is 5.97. The lowest BCUT2D eigenvalue weighted by Gasteiger charge is -2.29. The van der Waals surface area contributed by atoms with E-state index in [9.17, 15) is 4.79 Å². The molecule has 170 valence electrons. The van der Waals surface area contributed by atoms with Crippen LogP contribution in [0.5, 0.6) is 0 Å². The van der Waals surface area contributed by atoms with Crippen molar-refractivity contribution in [3.05, 3.63) is 41.3 Å². The van der Waals surface area contributed by atoms with Crippen LogP contribution in [0.25, 0.3) is 5.82 Å². The number of aryl methyl sites for hydroxylation is 2. The monoisotopic (exact) mass is 429 g/mol. The summed E-state index contributed by atoms with van der Waals surface area (Å²) < 4.78 is 7.15. The zero-order valence-electron chi connectivity index (χ0n) is 19.8. The second kappa shape index (κ2) is 9.80. The summed E-state index contributed by atoms with van der Waals surface area (Å²) in [5.41, 5.74) is 1.96.